The molecule has 3 aromatic rings. The monoisotopic (exact) mass is 323 g/mol. The first kappa shape index (κ1) is 15.7. The smallest absolute Gasteiger partial charge is 0.248 e. The number of nitrogens with zero attached hydrogens (tertiary/aromatic N) is 4. The number of aromatic nitrogens is 4. The molecule has 0 aliphatic carbocycles. The number of rotatable bonds is 4. The van der Waals surface area contributed by atoms with Crippen molar-refractivity contribution in [2.45, 2.75) is 20.8 Å². The summed E-state index contributed by atoms with van der Waals surface area (Å²) in [5.41, 5.74) is 2.45. The van der Waals surface area contributed by atoms with Crippen LogP contribution in [0, 0.1) is 20.8 Å². The summed E-state index contributed by atoms with van der Waals surface area (Å²) in [7, 11) is 0. The van der Waals surface area contributed by atoms with Crippen LogP contribution >= 0.6 is 0 Å². The Morgan fingerprint density at radius 3 is 2.58 bits per heavy atom. The van der Waals surface area contributed by atoms with Crippen LogP contribution in [0.3, 0.4) is 0 Å². The lowest BCUT2D eigenvalue weighted by molar-refractivity contribution is -0.111. The minimum Gasteiger partial charge on any atom is -0.465 e. The molecule has 1 amide bonds. The minimum atomic E-state index is -0.284. The zero-order valence-corrected chi connectivity index (χ0v) is 13.6. The van der Waals surface area contributed by atoms with Crippen molar-refractivity contribution >= 4 is 17.7 Å². The zero-order chi connectivity index (χ0) is 17.1. The Kier molecular flexibility index (Phi) is 4.24. The highest BCUT2D eigenvalue weighted by atomic mass is 16.3. The lowest BCUT2D eigenvalue weighted by atomic mass is 10.4. The van der Waals surface area contributed by atoms with Crippen molar-refractivity contribution in [3.63, 3.8) is 0 Å². The summed E-state index contributed by atoms with van der Waals surface area (Å²) in [6.45, 7) is 5.81. The molecule has 3 aromatic heterocycles. The van der Waals surface area contributed by atoms with Gasteiger partial charge in [-0.2, -0.15) is 0 Å². The fourth-order valence-electron chi connectivity index (χ4n) is 2.30. The molecule has 0 aliphatic rings. The summed E-state index contributed by atoms with van der Waals surface area (Å²) in [4.78, 5) is 24.9. The molecule has 0 aromatic carbocycles. The van der Waals surface area contributed by atoms with Crippen LogP contribution in [-0.4, -0.2) is 25.4 Å². The Labute approximate surface area is 139 Å². The van der Waals surface area contributed by atoms with E-state index in [1.807, 2.05) is 25.3 Å². The lowest BCUT2D eigenvalue weighted by Gasteiger charge is -2.07. The summed E-state index contributed by atoms with van der Waals surface area (Å²) >= 11 is 0. The van der Waals surface area contributed by atoms with Crippen molar-refractivity contribution in [3.8, 4) is 5.95 Å². The third-order valence-electron chi connectivity index (χ3n) is 3.56. The van der Waals surface area contributed by atoms with Gasteiger partial charge in [-0.3, -0.25) is 9.36 Å². The minimum absolute atomic E-state index is 0.284. The van der Waals surface area contributed by atoms with Gasteiger partial charge < -0.3 is 9.73 Å². The molecule has 0 radical (unpaired) electrons. The van der Waals surface area contributed by atoms with Crippen molar-refractivity contribution in [3.05, 3.63) is 59.8 Å². The summed E-state index contributed by atoms with van der Waals surface area (Å²) in [6.07, 6.45) is 7.65. The molecule has 24 heavy (non-hydrogen) atoms. The SMILES string of the molecule is Cc1nc(C)n(-c2ncc(NC(=O)/C=C/c3ccco3)cn2)c1C. The van der Waals surface area contributed by atoms with E-state index in [-0.39, 0.29) is 5.91 Å². The third kappa shape index (κ3) is 3.24. The van der Waals surface area contributed by atoms with Crippen molar-refractivity contribution in [1.82, 2.24) is 19.5 Å². The second-order valence-electron chi connectivity index (χ2n) is 5.27. The molecule has 3 heterocycles. The summed E-state index contributed by atoms with van der Waals surface area (Å²) < 4.78 is 7.00. The van der Waals surface area contributed by atoms with Gasteiger partial charge in [0.25, 0.3) is 0 Å². The van der Waals surface area contributed by atoms with Crippen LogP contribution in [0.15, 0.2) is 41.3 Å². The van der Waals surface area contributed by atoms with Crippen molar-refractivity contribution in [2.75, 3.05) is 5.32 Å². The number of anilines is 1. The first-order chi connectivity index (χ1) is 11.5. The molecule has 0 fully saturated rings. The predicted molar refractivity (Wildman–Crippen MR) is 89.7 cm³/mol. The Balaban J connectivity index is 1.72. The second-order valence-corrected chi connectivity index (χ2v) is 5.27. The van der Waals surface area contributed by atoms with E-state index in [0.29, 0.717) is 17.4 Å². The van der Waals surface area contributed by atoms with Gasteiger partial charge in [-0.05, 0) is 39.0 Å². The molecule has 0 saturated heterocycles. The first-order valence-corrected chi connectivity index (χ1v) is 7.42. The number of carbonyl (C=O) groups is 1. The normalized spacial score (nSPS) is 11.1. The van der Waals surface area contributed by atoms with E-state index in [0.717, 1.165) is 17.2 Å². The number of furan rings is 1. The van der Waals surface area contributed by atoms with Crippen LogP contribution in [0.5, 0.6) is 0 Å². The Bertz CT molecular complexity index is 877. The van der Waals surface area contributed by atoms with Crippen LogP contribution in [-0.2, 0) is 4.79 Å². The molecule has 0 unspecified atom stereocenters. The van der Waals surface area contributed by atoms with Crippen molar-refractivity contribution in [1.29, 1.82) is 0 Å². The van der Waals surface area contributed by atoms with E-state index in [2.05, 4.69) is 20.3 Å². The number of aryl methyl sites for hydroxylation is 2. The van der Waals surface area contributed by atoms with Crippen molar-refractivity contribution < 1.29 is 9.21 Å². The van der Waals surface area contributed by atoms with Crippen LogP contribution in [0.1, 0.15) is 23.0 Å². The number of hydrogen-bond donors (Lipinski definition) is 1. The van der Waals surface area contributed by atoms with Crippen LogP contribution < -0.4 is 5.32 Å². The summed E-state index contributed by atoms with van der Waals surface area (Å²) in [6, 6.07) is 3.52. The molecule has 1 N–H and O–H groups in total. The van der Waals surface area contributed by atoms with Gasteiger partial charge in [0.15, 0.2) is 0 Å². The topological polar surface area (TPSA) is 85.8 Å². The maximum Gasteiger partial charge on any atom is 0.248 e. The predicted octanol–water partition coefficient (Wildman–Crippen LogP) is 2.83. The Morgan fingerprint density at radius 1 is 1.25 bits per heavy atom. The number of hydrogen-bond acceptors (Lipinski definition) is 5. The molecule has 7 heteroatoms. The highest BCUT2D eigenvalue weighted by Gasteiger charge is 2.11. The van der Waals surface area contributed by atoms with E-state index in [4.69, 9.17) is 4.42 Å². The number of imidazole rings is 1. The molecule has 0 spiro atoms. The summed E-state index contributed by atoms with van der Waals surface area (Å²) in [5, 5.41) is 2.70. The Morgan fingerprint density at radius 2 is 2.00 bits per heavy atom. The fourth-order valence-corrected chi connectivity index (χ4v) is 2.30. The summed E-state index contributed by atoms with van der Waals surface area (Å²) in [5.74, 6) is 1.67. The van der Waals surface area contributed by atoms with Crippen molar-refractivity contribution in [2.24, 2.45) is 0 Å². The van der Waals surface area contributed by atoms with Gasteiger partial charge >= 0.3 is 0 Å². The van der Waals surface area contributed by atoms with Gasteiger partial charge in [-0.1, -0.05) is 0 Å². The quantitative estimate of drug-likeness (QED) is 0.746. The maximum atomic E-state index is 11.9. The van der Waals surface area contributed by atoms with E-state index >= 15 is 0 Å². The second kappa shape index (κ2) is 6.49. The van der Waals surface area contributed by atoms with Crippen LogP contribution in [0.2, 0.25) is 0 Å². The number of amides is 1. The fraction of sp³-hybridized carbons (Fsp3) is 0.176. The van der Waals surface area contributed by atoms with Gasteiger partial charge in [0, 0.05) is 11.8 Å². The van der Waals surface area contributed by atoms with Gasteiger partial charge in [0.05, 0.1) is 30.0 Å². The molecule has 0 bridgehead atoms. The highest BCUT2D eigenvalue weighted by Crippen LogP contribution is 2.15. The van der Waals surface area contributed by atoms with Gasteiger partial charge in [-0.15, -0.1) is 0 Å². The Hall–Kier alpha value is -3.22. The van der Waals surface area contributed by atoms with E-state index in [1.165, 1.54) is 6.08 Å². The molecule has 122 valence electrons. The lowest BCUT2D eigenvalue weighted by Crippen LogP contribution is -2.10. The average Bonchev–Trinajstić information content (AvgIpc) is 3.16. The molecule has 3 rings (SSSR count). The molecule has 7 nitrogen and oxygen atoms in total. The first-order valence-electron chi connectivity index (χ1n) is 7.42. The number of nitrogens with one attached hydrogen (secondary N) is 1. The van der Waals surface area contributed by atoms with Gasteiger partial charge in [0.2, 0.25) is 11.9 Å². The van der Waals surface area contributed by atoms with Crippen LogP contribution in [0.4, 0.5) is 5.69 Å². The van der Waals surface area contributed by atoms with E-state index in [1.54, 1.807) is 36.9 Å². The molecule has 0 aliphatic heterocycles. The average molecular weight is 323 g/mol. The maximum absolute atomic E-state index is 11.9. The largest absolute Gasteiger partial charge is 0.465 e. The molecule has 0 saturated carbocycles. The van der Waals surface area contributed by atoms with E-state index < -0.39 is 0 Å². The highest BCUT2D eigenvalue weighted by molar-refractivity contribution is 6.01. The third-order valence-corrected chi connectivity index (χ3v) is 3.56. The standard InChI is InChI=1S/C17H17N5O2/c1-11-12(2)22(13(3)20-11)17-18-9-14(10-19-17)21-16(23)7-6-15-5-4-8-24-15/h4-10H,1-3H3,(H,21,23)/b7-6+. The number of carbonyl (C=O) groups excluding carboxylic acids is 1. The van der Waals surface area contributed by atoms with E-state index in [9.17, 15) is 4.79 Å². The van der Waals surface area contributed by atoms with Crippen LogP contribution in [0.25, 0.3) is 12.0 Å². The zero-order valence-electron chi connectivity index (χ0n) is 13.6. The van der Waals surface area contributed by atoms with Gasteiger partial charge in [-0.25, -0.2) is 15.0 Å². The molecular weight excluding hydrogens is 306 g/mol. The molecule has 0 atom stereocenters. The van der Waals surface area contributed by atoms with Gasteiger partial charge in [0.1, 0.15) is 11.6 Å². The molecular formula is C17H17N5O2.